The van der Waals surface area contributed by atoms with Crippen LogP contribution in [0.25, 0.3) is 11.1 Å². The van der Waals surface area contributed by atoms with E-state index < -0.39 is 0 Å². The van der Waals surface area contributed by atoms with Crippen LogP contribution in [0.4, 0.5) is 5.69 Å². The number of benzene rings is 2. The van der Waals surface area contributed by atoms with Crippen LogP contribution >= 0.6 is 0 Å². The number of piperidine rings is 1. The van der Waals surface area contributed by atoms with Gasteiger partial charge in [-0.25, -0.2) is 0 Å². The Kier molecular flexibility index (Phi) is 8.30. The third-order valence-corrected chi connectivity index (χ3v) is 6.27. The first kappa shape index (κ1) is 23.1. The lowest BCUT2D eigenvalue weighted by Gasteiger charge is -2.29. The molecule has 1 saturated heterocycles. The molecule has 0 spiro atoms. The van der Waals surface area contributed by atoms with Crippen molar-refractivity contribution in [2.24, 2.45) is 5.92 Å². The van der Waals surface area contributed by atoms with Crippen LogP contribution < -0.4 is 10.1 Å². The topological polar surface area (TPSA) is 41.6 Å². The molecule has 0 bridgehead atoms. The van der Waals surface area contributed by atoms with Gasteiger partial charge in [0.1, 0.15) is 11.9 Å². The van der Waals surface area contributed by atoms with E-state index in [4.69, 9.17) is 4.74 Å². The molecule has 2 aromatic carbocycles. The second-order valence-corrected chi connectivity index (χ2v) is 8.67. The number of hydrogen-bond acceptors (Lipinski definition) is 3. The minimum atomic E-state index is -0.0941. The van der Waals surface area contributed by atoms with Gasteiger partial charge < -0.3 is 15.0 Å². The molecule has 1 aliphatic rings. The van der Waals surface area contributed by atoms with Gasteiger partial charge in [0, 0.05) is 24.4 Å². The minimum absolute atomic E-state index is 0.0941. The maximum absolute atomic E-state index is 12.6. The number of anilines is 1. The van der Waals surface area contributed by atoms with Crippen LogP contribution in [-0.2, 0) is 4.79 Å². The summed E-state index contributed by atoms with van der Waals surface area (Å²) in [4.78, 5) is 14.9. The van der Waals surface area contributed by atoms with Crippen molar-refractivity contribution >= 4 is 11.6 Å². The lowest BCUT2D eigenvalue weighted by molar-refractivity contribution is -0.113. The molecule has 1 fully saturated rings. The van der Waals surface area contributed by atoms with E-state index in [1.165, 1.54) is 0 Å². The molecule has 0 aliphatic carbocycles. The van der Waals surface area contributed by atoms with Gasteiger partial charge in [-0.05, 0) is 67.6 Å². The minimum Gasteiger partial charge on any atom is -0.490 e. The molecule has 0 saturated carbocycles. The average molecular weight is 421 g/mol. The Balaban J connectivity index is 1.66. The quantitative estimate of drug-likeness (QED) is 0.495. The highest BCUT2D eigenvalue weighted by atomic mass is 16.5. The van der Waals surface area contributed by atoms with Gasteiger partial charge in [-0.1, -0.05) is 57.5 Å². The molecule has 1 aliphatic heterocycles. The van der Waals surface area contributed by atoms with Crippen molar-refractivity contribution < 1.29 is 9.53 Å². The summed E-state index contributed by atoms with van der Waals surface area (Å²) in [6.07, 6.45) is 5.27. The van der Waals surface area contributed by atoms with Crippen molar-refractivity contribution in [3.8, 4) is 16.9 Å². The van der Waals surface area contributed by atoms with Crippen LogP contribution in [0.15, 0.2) is 60.7 Å². The summed E-state index contributed by atoms with van der Waals surface area (Å²) in [6.45, 7) is 10.5. The van der Waals surface area contributed by atoms with Gasteiger partial charge in [0.05, 0.1) is 0 Å². The van der Waals surface area contributed by atoms with E-state index in [1.54, 1.807) is 0 Å². The molecular weight excluding hydrogens is 384 g/mol. The number of rotatable bonds is 9. The van der Waals surface area contributed by atoms with Crippen LogP contribution in [0.5, 0.6) is 5.75 Å². The summed E-state index contributed by atoms with van der Waals surface area (Å²) in [5.74, 6) is 1.32. The monoisotopic (exact) mass is 420 g/mol. The molecule has 4 heteroatoms. The lowest BCUT2D eigenvalue weighted by Crippen LogP contribution is -2.35. The third-order valence-electron chi connectivity index (χ3n) is 6.27. The molecule has 1 N–H and O–H groups in total. The van der Waals surface area contributed by atoms with E-state index in [0.29, 0.717) is 11.5 Å². The zero-order chi connectivity index (χ0) is 22.2. The third kappa shape index (κ3) is 6.70. The Hall–Kier alpha value is -2.59. The number of hydrogen-bond donors (Lipinski definition) is 1. The second-order valence-electron chi connectivity index (χ2n) is 8.67. The van der Waals surface area contributed by atoms with Crippen LogP contribution in [-0.4, -0.2) is 37.0 Å². The first-order chi connectivity index (χ1) is 15.0. The zero-order valence-corrected chi connectivity index (χ0v) is 19.2. The molecule has 4 nitrogen and oxygen atoms in total. The highest BCUT2D eigenvalue weighted by Crippen LogP contribution is 2.28. The molecule has 3 rings (SSSR count). The van der Waals surface area contributed by atoms with Crippen molar-refractivity contribution in [1.29, 1.82) is 0 Å². The van der Waals surface area contributed by atoms with Gasteiger partial charge in [-0.15, -0.1) is 0 Å². The first-order valence-electron chi connectivity index (χ1n) is 11.5. The van der Waals surface area contributed by atoms with Gasteiger partial charge in [0.15, 0.2) is 0 Å². The molecule has 1 amide bonds. The van der Waals surface area contributed by atoms with Crippen molar-refractivity contribution in [2.75, 3.05) is 25.5 Å². The average Bonchev–Trinajstić information content (AvgIpc) is 2.79. The molecule has 166 valence electrons. The van der Waals surface area contributed by atoms with Gasteiger partial charge in [-0.3, -0.25) is 4.79 Å². The standard InChI is InChI=1S/C27H36N2O2/c1-5-21(6-2)17-20(3)27(30)28-24-11-7-9-22(18-24)23-10-8-12-26(19-23)31-25-13-15-29(4)16-14-25/h7-12,18-19,21,25H,3,5-6,13-17H2,1-2,4H3,(H,28,30). The van der Waals surface area contributed by atoms with E-state index in [9.17, 15) is 4.79 Å². The van der Waals surface area contributed by atoms with Crippen LogP contribution in [0.1, 0.15) is 46.0 Å². The summed E-state index contributed by atoms with van der Waals surface area (Å²) in [7, 11) is 2.16. The fraction of sp³-hybridized carbons (Fsp3) is 0.444. The Bertz CT molecular complexity index is 880. The van der Waals surface area contributed by atoms with Gasteiger partial charge in [-0.2, -0.15) is 0 Å². The van der Waals surface area contributed by atoms with Crippen LogP contribution in [0.3, 0.4) is 0 Å². The summed E-state index contributed by atoms with van der Waals surface area (Å²) < 4.78 is 6.24. The molecular formula is C27H36N2O2. The summed E-state index contributed by atoms with van der Waals surface area (Å²) in [6, 6.07) is 16.2. The Morgan fingerprint density at radius 1 is 1.10 bits per heavy atom. The normalized spacial score (nSPS) is 15.1. The Labute approximate surface area is 187 Å². The Morgan fingerprint density at radius 2 is 1.74 bits per heavy atom. The largest absolute Gasteiger partial charge is 0.490 e. The number of carbonyl (C=O) groups is 1. The van der Waals surface area contributed by atoms with Crippen molar-refractivity contribution in [1.82, 2.24) is 4.90 Å². The van der Waals surface area contributed by atoms with Crippen LogP contribution in [0.2, 0.25) is 0 Å². The molecule has 0 atom stereocenters. The number of likely N-dealkylation sites (tertiary alicyclic amines) is 1. The SMILES string of the molecule is C=C(CC(CC)CC)C(=O)Nc1cccc(-c2cccc(OC3CCN(C)CC3)c2)c1. The summed E-state index contributed by atoms with van der Waals surface area (Å²) >= 11 is 0. The fourth-order valence-corrected chi connectivity index (χ4v) is 4.06. The van der Waals surface area contributed by atoms with E-state index in [0.717, 1.165) is 67.8 Å². The van der Waals surface area contributed by atoms with E-state index in [2.05, 4.69) is 55.9 Å². The van der Waals surface area contributed by atoms with E-state index >= 15 is 0 Å². The molecule has 2 aromatic rings. The highest BCUT2D eigenvalue weighted by molar-refractivity contribution is 6.03. The van der Waals surface area contributed by atoms with Gasteiger partial charge >= 0.3 is 0 Å². The molecule has 0 unspecified atom stereocenters. The second kappa shape index (κ2) is 11.1. The van der Waals surface area contributed by atoms with Crippen molar-refractivity contribution in [3.63, 3.8) is 0 Å². The molecule has 0 radical (unpaired) electrons. The zero-order valence-electron chi connectivity index (χ0n) is 19.2. The predicted octanol–water partition coefficient (Wildman–Crippen LogP) is 6.15. The maximum atomic E-state index is 12.6. The lowest BCUT2D eigenvalue weighted by atomic mass is 9.95. The number of nitrogens with one attached hydrogen (secondary N) is 1. The summed E-state index contributed by atoms with van der Waals surface area (Å²) in [5.41, 5.74) is 3.57. The Morgan fingerprint density at radius 3 is 2.42 bits per heavy atom. The summed E-state index contributed by atoms with van der Waals surface area (Å²) in [5, 5.41) is 3.02. The number of amides is 1. The van der Waals surface area contributed by atoms with Gasteiger partial charge in [0.2, 0.25) is 0 Å². The van der Waals surface area contributed by atoms with Crippen molar-refractivity contribution in [3.05, 3.63) is 60.7 Å². The maximum Gasteiger partial charge on any atom is 0.250 e. The predicted molar refractivity (Wildman–Crippen MR) is 129 cm³/mol. The van der Waals surface area contributed by atoms with Crippen molar-refractivity contribution in [2.45, 2.75) is 52.1 Å². The number of carbonyl (C=O) groups excluding carboxylic acids is 1. The first-order valence-corrected chi connectivity index (χ1v) is 11.5. The fourth-order valence-electron chi connectivity index (χ4n) is 4.06. The van der Waals surface area contributed by atoms with E-state index in [-0.39, 0.29) is 12.0 Å². The molecule has 31 heavy (non-hydrogen) atoms. The van der Waals surface area contributed by atoms with Gasteiger partial charge in [0.25, 0.3) is 5.91 Å². The molecule has 0 aromatic heterocycles. The van der Waals surface area contributed by atoms with E-state index in [1.807, 2.05) is 30.3 Å². The smallest absolute Gasteiger partial charge is 0.250 e. The van der Waals surface area contributed by atoms with Crippen LogP contribution in [0, 0.1) is 5.92 Å². The molecule has 1 heterocycles. The number of nitrogens with zero attached hydrogens (tertiary/aromatic N) is 1. The highest BCUT2D eigenvalue weighted by Gasteiger charge is 2.18. The number of ether oxygens (including phenoxy) is 1.